The third-order valence-corrected chi connectivity index (χ3v) is 2.80. The van der Waals surface area contributed by atoms with Crippen LogP contribution in [0.3, 0.4) is 0 Å². The van der Waals surface area contributed by atoms with Gasteiger partial charge in [-0.25, -0.2) is 8.78 Å². The zero-order valence-corrected chi connectivity index (χ0v) is 8.34. The summed E-state index contributed by atoms with van der Waals surface area (Å²) in [6.45, 7) is 0.472. The van der Waals surface area contributed by atoms with E-state index in [4.69, 9.17) is 0 Å². The number of likely N-dealkylation sites (tertiary alicyclic amines) is 1. The van der Waals surface area contributed by atoms with E-state index in [9.17, 15) is 8.78 Å². The van der Waals surface area contributed by atoms with Crippen LogP contribution in [0.25, 0.3) is 0 Å². The van der Waals surface area contributed by atoms with Crippen molar-refractivity contribution in [2.45, 2.75) is 18.5 Å². The van der Waals surface area contributed by atoms with E-state index in [1.807, 2.05) is 19.0 Å². The molecule has 2 nitrogen and oxygen atoms in total. The molecule has 1 fully saturated rings. The molecule has 0 amide bonds. The van der Waals surface area contributed by atoms with Crippen LogP contribution in [0.4, 0.5) is 8.78 Å². The van der Waals surface area contributed by atoms with E-state index >= 15 is 0 Å². The summed E-state index contributed by atoms with van der Waals surface area (Å²) < 4.78 is 24.7. The summed E-state index contributed by atoms with van der Waals surface area (Å²) in [5.74, 6) is 0. The fourth-order valence-electron chi connectivity index (χ4n) is 1.76. The second kappa shape index (κ2) is 4.86. The first-order valence-corrected chi connectivity index (χ1v) is 4.71. The molecule has 0 saturated carbocycles. The molecule has 0 aromatic heterocycles. The first kappa shape index (κ1) is 10.9. The van der Waals surface area contributed by atoms with Crippen molar-refractivity contribution in [1.29, 1.82) is 0 Å². The van der Waals surface area contributed by atoms with E-state index < -0.39 is 19.4 Å². The predicted molar refractivity (Wildman–Crippen MR) is 49.4 cm³/mol. The van der Waals surface area contributed by atoms with Crippen LogP contribution in [0.1, 0.15) is 6.42 Å². The van der Waals surface area contributed by atoms with Crippen molar-refractivity contribution in [2.75, 3.05) is 40.5 Å². The van der Waals surface area contributed by atoms with Crippen LogP contribution < -0.4 is 0 Å². The van der Waals surface area contributed by atoms with Gasteiger partial charge < -0.3 is 4.90 Å². The van der Waals surface area contributed by atoms with Crippen LogP contribution in [0.5, 0.6) is 0 Å². The maximum atomic E-state index is 12.3. The average molecular weight is 192 g/mol. The summed E-state index contributed by atoms with van der Waals surface area (Å²) in [6, 6.07) is -0.0504. The molecule has 0 aromatic rings. The Hall–Kier alpha value is -0.220. The minimum atomic E-state index is -0.573. The Morgan fingerprint density at radius 3 is 2.38 bits per heavy atom. The van der Waals surface area contributed by atoms with Gasteiger partial charge in [-0.2, -0.15) is 0 Å². The molecule has 1 atom stereocenters. The van der Waals surface area contributed by atoms with Crippen molar-refractivity contribution >= 4 is 0 Å². The largest absolute Gasteiger partial charge is 0.305 e. The standard InChI is InChI=1S/C9H18F2N2/c1-12(2)8-3-4-13(7-8)9(5-10)6-11/h8-9H,3-7H2,1-2H3. The topological polar surface area (TPSA) is 6.48 Å². The highest BCUT2D eigenvalue weighted by Gasteiger charge is 2.28. The lowest BCUT2D eigenvalue weighted by atomic mass is 10.2. The SMILES string of the molecule is CN(C)C1CCN(C(CF)CF)C1. The average Bonchev–Trinajstić information content (AvgIpc) is 2.56. The molecule has 0 aliphatic carbocycles. The Kier molecular flexibility index (Phi) is 4.06. The quantitative estimate of drug-likeness (QED) is 0.654. The highest BCUT2D eigenvalue weighted by molar-refractivity contribution is 4.84. The molecule has 0 aromatic carbocycles. The predicted octanol–water partition coefficient (Wildman–Crippen LogP) is 0.930. The van der Waals surface area contributed by atoms with E-state index in [0.717, 1.165) is 19.5 Å². The van der Waals surface area contributed by atoms with E-state index in [1.54, 1.807) is 0 Å². The van der Waals surface area contributed by atoms with Gasteiger partial charge in [0.2, 0.25) is 0 Å². The first-order chi connectivity index (χ1) is 6.19. The molecule has 1 saturated heterocycles. The van der Waals surface area contributed by atoms with Gasteiger partial charge in [0.1, 0.15) is 13.3 Å². The maximum Gasteiger partial charge on any atom is 0.107 e. The van der Waals surface area contributed by atoms with Crippen LogP contribution in [0.15, 0.2) is 0 Å². The Morgan fingerprint density at radius 2 is 2.00 bits per heavy atom. The fourth-order valence-corrected chi connectivity index (χ4v) is 1.76. The highest BCUT2D eigenvalue weighted by atomic mass is 19.1. The molecule has 1 heterocycles. The monoisotopic (exact) mass is 192 g/mol. The molecule has 0 N–H and O–H groups in total. The summed E-state index contributed by atoms with van der Waals surface area (Å²) in [5.41, 5.74) is 0. The fraction of sp³-hybridized carbons (Fsp3) is 1.00. The molecular weight excluding hydrogens is 174 g/mol. The zero-order valence-electron chi connectivity index (χ0n) is 8.34. The van der Waals surface area contributed by atoms with Crippen molar-refractivity contribution in [3.63, 3.8) is 0 Å². The number of nitrogens with zero attached hydrogens (tertiary/aromatic N) is 2. The summed E-state index contributed by atoms with van der Waals surface area (Å²) >= 11 is 0. The van der Waals surface area contributed by atoms with Crippen LogP contribution in [0.2, 0.25) is 0 Å². The van der Waals surface area contributed by atoms with Gasteiger partial charge in [0.25, 0.3) is 0 Å². The van der Waals surface area contributed by atoms with Crippen molar-refractivity contribution < 1.29 is 8.78 Å². The summed E-state index contributed by atoms with van der Waals surface area (Å²) in [4.78, 5) is 4.03. The summed E-state index contributed by atoms with van der Waals surface area (Å²) in [6.07, 6.45) is 1.02. The molecule has 1 unspecified atom stereocenters. The van der Waals surface area contributed by atoms with Gasteiger partial charge in [-0.15, -0.1) is 0 Å². The van der Waals surface area contributed by atoms with Crippen molar-refractivity contribution in [3.05, 3.63) is 0 Å². The van der Waals surface area contributed by atoms with Gasteiger partial charge in [0.15, 0.2) is 0 Å². The number of alkyl halides is 2. The normalized spacial score (nSPS) is 24.9. The molecule has 0 spiro atoms. The minimum absolute atomic E-state index is 0.459. The number of halogens is 2. The lowest BCUT2D eigenvalue weighted by Gasteiger charge is -2.24. The van der Waals surface area contributed by atoms with E-state index in [-0.39, 0.29) is 0 Å². The minimum Gasteiger partial charge on any atom is -0.305 e. The Balaban J connectivity index is 2.39. The second-order valence-corrected chi connectivity index (χ2v) is 3.86. The number of hydrogen-bond acceptors (Lipinski definition) is 2. The highest BCUT2D eigenvalue weighted by Crippen LogP contribution is 2.16. The first-order valence-electron chi connectivity index (χ1n) is 4.71. The molecule has 1 aliphatic rings. The lowest BCUT2D eigenvalue weighted by Crippen LogP contribution is -2.39. The smallest absolute Gasteiger partial charge is 0.107 e. The van der Waals surface area contributed by atoms with Gasteiger partial charge >= 0.3 is 0 Å². The zero-order chi connectivity index (χ0) is 9.84. The number of rotatable bonds is 4. The van der Waals surface area contributed by atoms with Crippen LogP contribution in [-0.2, 0) is 0 Å². The van der Waals surface area contributed by atoms with E-state index in [0.29, 0.717) is 6.04 Å². The van der Waals surface area contributed by atoms with Crippen molar-refractivity contribution in [1.82, 2.24) is 9.80 Å². The molecule has 13 heavy (non-hydrogen) atoms. The molecule has 78 valence electrons. The van der Waals surface area contributed by atoms with Crippen molar-refractivity contribution in [2.24, 2.45) is 0 Å². The number of likely N-dealkylation sites (N-methyl/N-ethyl adjacent to an activating group) is 1. The Bertz CT molecular complexity index is 149. The lowest BCUT2D eigenvalue weighted by molar-refractivity contribution is 0.156. The van der Waals surface area contributed by atoms with Gasteiger partial charge in [-0.3, -0.25) is 4.90 Å². The molecule has 0 radical (unpaired) electrons. The molecule has 1 rings (SSSR count). The maximum absolute atomic E-state index is 12.3. The van der Waals surface area contributed by atoms with E-state index in [1.165, 1.54) is 0 Å². The van der Waals surface area contributed by atoms with Gasteiger partial charge in [0.05, 0.1) is 6.04 Å². The van der Waals surface area contributed by atoms with Gasteiger partial charge in [0, 0.05) is 19.1 Å². The molecule has 0 bridgehead atoms. The van der Waals surface area contributed by atoms with Crippen LogP contribution in [-0.4, -0.2) is 62.4 Å². The molecule has 4 heteroatoms. The van der Waals surface area contributed by atoms with E-state index in [2.05, 4.69) is 4.90 Å². The Morgan fingerprint density at radius 1 is 1.38 bits per heavy atom. The summed E-state index contributed by atoms with van der Waals surface area (Å²) in [7, 11) is 4.02. The molecular formula is C9H18F2N2. The summed E-state index contributed by atoms with van der Waals surface area (Å²) in [5, 5.41) is 0. The van der Waals surface area contributed by atoms with Crippen LogP contribution in [0, 0.1) is 0 Å². The van der Waals surface area contributed by atoms with Gasteiger partial charge in [-0.1, -0.05) is 0 Å². The third kappa shape index (κ3) is 2.61. The molecule has 1 aliphatic heterocycles. The third-order valence-electron chi connectivity index (χ3n) is 2.80. The van der Waals surface area contributed by atoms with Crippen molar-refractivity contribution in [3.8, 4) is 0 Å². The number of hydrogen-bond donors (Lipinski definition) is 0. The van der Waals surface area contributed by atoms with Gasteiger partial charge in [-0.05, 0) is 20.5 Å². The van der Waals surface area contributed by atoms with Crippen LogP contribution >= 0.6 is 0 Å². The Labute approximate surface area is 78.5 Å². The second-order valence-electron chi connectivity index (χ2n) is 3.86.